The van der Waals surface area contributed by atoms with Crippen LogP contribution in [-0.2, 0) is 10.0 Å². The topological polar surface area (TPSA) is 66.6 Å². The number of hydrogen-bond donors (Lipinski definition) is 1. The Kier molecular flexibility index (Phi) is 4.44. The summed E-state index contributed by atoms with van der Waals surface area (Å²) in [6, 6.07) is 5.10. The number of nitrogens with zero attached hydrogens (tertiary/aromatic N) is 2. The molecule has 1 saturated heterocycles. The molecule has 0 aromatic heterocycles. The van der Waals surface area contributed by atoms with E-state index in [4.69, 9.17) is 5.73 Å². The summed E-state index contributed by atoms with van der Waals surface area (Å²) in [4.78, 5) is 2.32. The number of rotatable bonds is 3. The van der Waals surface area contributed by atoms with Crippen LogP contribution in [0.1, 0.15) is 6.92 Å². The van der Waals surface area contributed by atoms with Gasteiger partial charge in [0.2, 0.25) is 10.0 Å². The first-order chi connectivity index (χ1) is 9.23. The van der Waals surface area contributed by atoms with Crippen molar-refractivity contribution < 1.29 is 8.42 Å². The Hall–Kier alpha value is -0.630. The van der Waals surface area contributed by atoms with Crippen LogP contribution in [0.3, 0.4) is 0 Å². The largest absolute Gasteiger partial charge is 0.399 e. The Morgan fingerprint density at radius 1 is 1.35 bits per heavy atom. The van der Waals surface area contributed by atoms with Gasteiger partial charge in [0.1, 0.15) is 0 Å². The van der Waals surface area contributed by atoms with E-state index >= 15 is 0 Å². The van der Waals surface area contributed by atoms with E-state index in [9.17, 15) is 8.42 Å². The molecule has 7 heteroatoms. The fourth-order valence-corrected chi connectivity index (χ4v) is 5.15. The third-order valence-corrected chi connectivity index (χ3v) is 6.60. The van der Waals surface area contributed by atoms with E-state index in [-0.39, 0.29) is 10.9 Å². The molecular formula is C13H20BrN3O2S. The van der Waals surface area contributed by atoms with Crippen LogP contribution in [0.25, 0.3) is 0 Å². The van der Waals surface area contributed by atoms with Crippen molar-refractivity contribution in [1.29, 1.82) is 0 Å². The van der Waals surface area contributed by atoms with Crippen LogP contribution in [-0.4, -0.2) is 50.8 Å². The highest BCUT2D eigenvalue weighted by molar-refractivity contribution is 9.10. The highest BCUT2D eigenvalue weighted by Gasteiger charge is 2.38. The number of nitrogens with two attached hydrogens (primary N) is 1. The third-order valence-electron chi connectivity index (χ3n) is 3.78. The lowest BCUT2D eigenvalue weighted by molar-refractivity contribution is 0.263. The number of likely N-dealkylation sites (N-methyl/N-ethyl adjacent to an activating group) is 1. The van der Waals surface area contributed by atoms with Crippen LogP contribution < -0.4 is 5.73 Å². The van der Waals surface area contributed by atoms with Gasteiger partial charge in [0, 0.05) is 29.3 Å². The molecule has 5 nitrogen and oxygen atoms in total. The quantitative estimate of drug-likeness (QED) is 0.830. The molecule has 20 heavy (non-hydrogen) atoms. The van der Waals surface area contributed by atoms with Crippen LogP contribution in [0.5, 0.6) is 0 Å². The first-order valence-electron chi connectivity index (χ1n) is 6.45. The van der Waals surface area contributed by atoms with Crippen LogP contribution in [0.2, 0.25) is 0 Å². The van der Waals surface area contributed by atoms with Crippen molar-refractivity contribution in [2.45, 2.75) is 17.9 Å². The Labute approximate surface area is 128 Å². The molecule has 0 amide bonds. The summed E-state index contributed by atoms with van der Waals surface area (Å²) in [5, 5.41) is 0. The van der Waals surface area contributed by atoms with E-state index in [0.717, 1.165) is 0 Å². The lowest BCUT2D eigenvalue weighted by Crippen LogP contribution is -2.35. The molecule has 0 radical (unpaired) electrons. The van der Waals surface area contributed by atoms with E-state index in [2.05, 4.69) is 27.8 Å². The molecule has 2 N–H and O–H groups in total. The predicted octanol–water partition coefficient (Wildman–Crippen LogP) is 1.60. The Morgan fingerprint density at radius 2 is 2.00 bits per heavy atom. The maximum Gasteiger partial charge on any atom is 0.244 e. The van der Waals surface area contributed by atoms with Crippen LogP contribution in [0, 0.1) is 5.92 Å². The molecule has 0 saturated carbocycles. The molecule has 1 aromatic carbocycles. The van der Waals surface area contributed by atoms with Gasteiger partial charge in [0.05, 0.1) is 4.90 Å². The molecule has 112 valence electrons. The van der Waals surface area contributed by atoms with E-state index < -0.39 is 10.0 Å². The zero-order chi connectivity index (χ0) is 15.1. The normalized spacial score (nSPS) is 24.4. The first-order valence-corrected chi connectivity index (χ1v) is 8.68. The van der Waals surface area contributed by atoms with Gasteiger partial charge in [-0.1, -0.05) is 6.92 Å². The molecule has 2 rings (SSSR count). The Bertz CT molecular complexity index is 604. The van der Waals surface area contributed by atoms with Gasteiger partial charge < -0.3 is 10.6 Å². The number of sulfonamides is 1. The predicted molar refractivity (Wildman–Crippen MR) is 84.0 cm³/mol. The lowest BCUT2D eigenvalue weighted by Gasteiger charge is -2.22. The summed E-state index contributed by atoms with van der Waals surface area (Å²) in [6.07, 6.45) is 0. The van der Waals surface area contributed by atoms with Gasteiger partial charge in [-0.2, -0.15) is 4.31 Å². The second kappa shape index (κ2) is 5.63. The van der Waals surface area contributed by atoms with Gasteiger partial charge in [-0.05, 0) is 54.1 Å². The molecule has 1 aromatic rings. The second-order valence-corrected chi connectivity index (χ2v) is 8.28. The Balaban J connectivity index is 2.35. The molecule has 1 heterocycles. The number of hydrogen-bond acceptors (Lipinski definition) is 4. The van der Waals surface area contributed by atoms with Crippen LogP contribution >= 0.6 is 15.9 Å². The highest BCUT2D eigenvalue weighted by Crippen LogP contribution is 2.31. The van der Waals surface area contributed by atoms with Gasteiger partial charge in [0.15, 0.2) is 0 Å². The maximum absolute atomic E-state index is 12.7. The van der Waals surface area contributed by atoms with Crippen molar-refractivity contribution in [3.8, 4) is 0 Å². The zero-order valence-corrected chi connectivity index (χ0v) is 14.3. The van der Waals surface area contributed by atoms with Gasteiger partial charge in [0.25, 0.3) is 0 Å². The molecule has 1 aliphatic heterocycles. The summed E-state index contributed by atoms with van der Waals surface area (Å²) < 4.78 is 27.6. The van der Waals surface area contributed by atoms with Crippen molar-refractivity contribution in [3.63, 3.8) is 0 Å². The average Bonchev–Trinajstić information content (AvgIpc) is 2.75. The summed E-state index contributed by atoms with van der Waals surface area (Å²) in [6.45, 7) is 3.12. The van der Waals surface area contributed by atoms with E-state index in [0.29, 0.717) is 29.2 Å². The summed E-state index contributed by atoms with van der Waals surface area (Å²) in [7, 11) is 0.448. The van der Waals surface area contributed by atoms with Crippen molar-refractivity contribution in [1.82, 2.24) is 9.21 Å². The first kappa shape index (κ1) is 15.8. The van der Waals surface area contributed by atoms with Crippen molar-refractivity contribution in [2.75, 3.05) is 32.9 Å². The summed E-state index contributed by atoms with van der Waals surface area (Å²) in [5.74, 6) is 0.305. The lowest BCUT2D eigenvalue weighted by atomic mass is 10.1. The summed E-state index contributed by atoms with van der Waals surface area (Å²) >= 11 is 3.30. The second-order valence-electron chi connectivity index (χ2n) is 5.52. The zero-order valence-electron chi connectivity index (χ0n) is 11.9. The van der Waals surface area contributed by atoms with Gasteiger partial charge in [-0.3, -0.25) is 0 Å². The van der Waals surface area contributed by atoms with Gasteiger partial charge >= 0.3 is 0 Å². The smallest absolute Gasteiger partial charge is 0.244 e. The summed E-state index contributed by atoms with van der Waals surface area (Å²) in [5.41, 5.74) is 6.16. The standard InChI is InChI=1S/C13H20BrN3O2S/c1-9-7-17(8-12(9)16(2)3)20(18,19)13-6-10(15)4-5-11(13)14/h4-6,9,12H,7-8,15H2,1-3H3. The molecule has 2 atom stereocenters. The fourth-order valence-electron chi connectivity index (χ4n) is 2.63. The number of benzene rings is 1. The SMILES string of the molecule is CC1CN(S(=O)(=O)c2cc(N)ccc2Br)CC1N(C)C. The van der Waals surface area contributed by atoms with E-state index in [1.54, 1.807) is 16.4 Å². The fraction of sp³-hybridized carbons (Fsp3) is 0.538. The van der Waals surface area contributed by atoms with Gasteiger partial charge in [-0.25, -0.2) is 8.42 Å². The third kappa shape index (κ3) is 2.86. The van der Waals surface area contributed by atoms with E-state index in [1.807, 2.05) is 14.1 Å². The molecule has 0 bridgehead atoms. The van der Waals surface area contributed by atoms with Crippen molar-refractivity contribution in [2.24, 2.45) is 5.92 Å². The molecule has 2 unspecified atom stereocenters. The molecule has 1 fully saturated rings. The minimum atomic E-state index is -3.51. The van der Waals surface area contributed by atoms with Gasteiger partial charge in [-0.15, -0.1) is 0 Å². The van der Waals surface area contributed by atoms with E-state index in [1.165, 1.54) is 6.07 Å². The van der Waals surface area contributed by atoms with Crippen molar-refractivity contribution in [3.05, 3.63) is 22.7 Å². The van der Waals surface area contributed by atoms with Crippen LogP contribution in [0.4, 0.5) is 5.69 Å². The molecular weight excluding hydrogens is 342 g/mol. The maximum atomic E-state index is 12.7. The number of anilines is 1. The molecule has 0 aliphatic carbocycles. The monoisotopic (exact) mass is 361 g/mol. The number of halogens is 1. The minimum Gasteiger partial charge on any atom is -0.399 e. The minimum absolute atomic E-state index is 0.240. The highest BCUT2D eigenvalue weighted by atomic mass is 79.9. The van der Waals surface area contributed by atoms with Crippen LogP contribution in [0.15, 0.2) is 27.6 Å². The number of nitrogen functional groups attached to an aromatic ring is 1. The molecule has 0 spiro atoms. The average molecular weight is 362 g/mol. The van der Waals surface area contributed by atoms with Crippen molar-refractivity contribution >= 4 is 31.6 Å². The molecule has 1 aliphatic rings. The Morgan fingerprint density at radius 3 is 2.55 bits per heavy atom.